The lowest BCUT2D eigenvalue weighted by atomic mass is 10.3. The Hall–Kier alpha value is -2.94. The maximum absolute atomic E-state index is 11.5. The second kappa shape index (κ2) is 6.68. The van der Waals surface area contributed by atoms with E-state index in [4.69, 9.17) is 17.0 Å². The van der Waals surface area contributed by atoms with Gasteiger partial charge in [-0.15, -0.1) is 0 Å². The fourth-order valence-corrected chi connectivity index (χ4v) is 1.79. The lowest BCUT2D eigenvalue weighted by Gasteiger charge is -2.08. The molecule has 1 aromatic carbocycles. The number of aromatic hydroxyl groups is 1. The largest absolute Gasteiger partial charge is 0.495 e. The Morgan fingerprint density at radius 2 is 2.09 bits per heavy atom. The molecule has 0 unspecified atom stereocenters. The van der Waals surface area contributed by atoms with Crippen LogP contribution in [0.15, 0.2) is 38.8 Å². The molecular weight excluding hydrogens is 308 g/mol. The van der Waals surface area contributed by atoms with E-state index in [1.807, 2.05) is 9.97 Å². The predicted octanol–water partition coefficient (Wildman–Crippen LogP) is 0.593. The van der Waals surface area contributed by atoms with Gasteiger partial charge < -0.3 is 15.2 Å². The third kappa shape index (κ3) is 3.58. The molecule has 114 valence electrons. The second-order valence-electron chi connectivity index (χ2n) is 4.06. The number of nitrogens with one attached hydrogen (secondary N) is 3. The van der Waals surface area contributed by atoms with Gasteiger partial charge in [-0.1, -0.05) is 12.1 Å². The van der Waals surface area contributed by atoms with Crippen molar-refractivity contribution in [3.63, 3.8) is 0 Å². The van der Waals surface area contributed by atoms with Crippen LogP contribution >= 0.6 is 12.2 Å². The van der Waals surface area contributed by atoms with Crippen LogP contribution in [-0.2, 0) is 0 Å². The highest BCUT2D eigenvalue weighted by Gasteiger charge is 2.06. The molecule has 8 nitrogen and oxygen atoms in total. The minimum absolute atomic E-state index is 0.0505. The first kappa shape index (κ1) is 15.4. The number of hydrogen-bond donors (Lipinski definition) is 4. The first-order chi connectivity index (χ1) is 10.5. The van der Waals surface area contributed by atoms with E-state index in [1.165, 1.54) is 7.11 Å². The molecule has 9 heteroatoms. The summed E-state index contributed by atoms with van der Waals surface area (Å²) in [5.41, 5.74) is -1.19. The average Bonchev–Trinajstić information content (AvgIpc) is 2.46. The van der Waals surface area contributed by atoms with Gasteiger partial charge in [0.05, 0.1) is 12.8 Å². The number of benzene rings is 1. The van der Waals surface area contributed by atoms with Crippen LogP contribution in [0.5, 0.6) is 11.6 Å². The fraction of sp³-hybridized carbons (Fsp3) is 0.0769. The molecule has 0 aliphatic heterocycles. The van der Waals surface area contributed by atoms with E-state index < -0.39 is 17.1 Å². The fourth-order valence-electron chi connectivity index (χ4n) is 1.62. The summed E-state index contributed by atoms with van der Waals surface area (Å²) < 4.78 is 5.15. The second-order valence-corrected chi connectivity index (χ2v) is 4.45. The molecule has 1 aromatic heterocycles. The van der Waals surface area contributed by atoms with Crippen LogP contribution in [0.3, 0.4) is 0 Å². The van der Waals surface area contributed by atoms with Gasteiger partial charge in [-0.25, -0.2) is 9.79 Å². The summed E-state index contributed by atoms with van der Waals surface area (Å²) in [6.07, 6.45) is 1.05. The molecule has 0 spiro atoms. The summed E-state index contributed by atoms with van der Waals surface area (Å²) in [5.74, 6) is -0.0117. The first-order valence-corrected chi connectivity index (χ1v) is 6.45. The number of aliphatic imine (C=N–C) groups is 1. The number of aromatic amines is 2. The Balaban J connectivity index is 2.19. The van der Waals surface area contributed by atoms with Gasteiger partial charge in [0.15, 0.2) is 5.11 Å². The number of rotatable bonds is 3. The topological polar surface area (TPSA) is 120 Å². The van der Waals surface area contributed by atoms with E-state index in [2.05, 4.69) is 10.3 Å². The van der Waals surface area contributed by atoms with Crippen molar-refractivity contribution in [1.82, 2.24) is 9.97 Å². The van der Waals surface area contributed by atoms with E-state index in [-0.39, 0.29) is 10.7 Å². The van der Waals surface area contributed by atoms with Crippen molar-refractivity contribution < 1.29 is 9.84 Å². The Morgan fingerprint density at radius 1 is 1.36 bits per heavy atom. The van der Waals surface area contributed by atoms with Crippen LogP contribution in [0.4, 0.5) is 5.69 Å². The summed E-state index contributed by atoms with van der Waals surface area (Å²) in [7, 11) is 1.52. The molecular formula is C13H12N4O4S. The van der Waals surface area contributed by atoms with Gasteiger partial charge in [-0.3, -0.25) is 14.8 Å². The molecule has 0 radical (unpaired) electrons. The molecule has 0 bridgehead atoms. The number of anilines is 1. The van der Waals surface area contributed by atoms with E-state index >= 15 is 0 Å². The van der Waals surface area contributed by atoms with Gasteiger partial charge in [0.25, 0.3) is 5.56 Å². The molecule has 22 heavy (non-hydrogen) atoms. The van der Waals surface area contributed by atoms with Gasteiger partial charge in [0, 0.05) is 6.21 Å². The summed E-state index contributed by atoms with van der Waals surface area (Å²) in [5, 5.41) is 12.4. The molecule has 0 saturated heterocycles. The van der Waals surface area contributed by atoms with Crippen LogP contribution < -0.4 is 21.3 Å². The number of aromatic nitrogens is 2. The molecule has 0 saturated carbocycles. The normalized spacial score (nSPS) is 10.6. The molecule has 0 fully saturated rings. The summed E-state index contributed by atoms with van der Waals surface area (Å²) in [4.78, 5) is 30.3. The van der Waals surface area contributed by atoms with Gasteiger partial charge in [-0.2, -0.15) is 0 Å². The van der Waals surface area contributed by atoms with E-state index in [0.717, 1.165) is 6.21 Å². The zero-order valence-electron chi connectivity index (χ0n) is 11.4. The molecule has 0 aliphatic carbocycles. The Kier molecular flexibility index (Phi) is 4.69. The van der Waals surface area contributed by atoms with Gasteiger partial charge in [0.2, 0.25) is 5.88 Å². The molecule has 2 aromatic rings. The van der Waals surface area contributed by atoms with Crippen LogP contribution in [0, 0.1) is 0 Å². The van der Waals surface area contributed by atoms with Gasteiger partial charge in [-0.05, 0) is 24.4 Å². The van der Waals surface area contributed by atoms with E-state index in [1.54, 1.807) is 24.3 Å². The maximum atomic E-state index is 11.5. The van der Waals surface area contributed by atoms with Crippen molar-refractivity contribution in [3.05, 3.63) is 50.7 Å². The highest BCUT2D eigenvalue weighted by Crippen LogP contribution is 2.23. The minimum Gasteiger partial charge on any atom is -0.495 e. The SMILES string of the molecule is COc1ccccc1NC(=S)/N=C/c1c(O)[nH]c(=O)[nH]c1=O. The van der Waals surface area contributed by atoms with Crippen molar-refractivity contribution in [1.29, 1.82) is 0 Å². The van der Waals surface area contributed by atoms with Crippen molar-refractivity contribution in [2.24, 2.45) is 4.99 Å². The molecule has 0 atom stereocenters. The molecule has 2 rings (SSSR count). The summed E-state index contributed by atoms with van der Waals surface area (Å²) in [6, 6.07) is 7.07. The molecule has 1 heterocycles. The summed E-state index contributed by atoms with van der Waals surface area (Å²) >= 11 is 5.02. The maximum Gasteiger partial charge on any atom is 0.328 e. The van der Waals surface area contributed by atoms with Gasteiger partial charge >= 0.3 is 5.69 Å². The van der Waals surface area contributed by atoms with Crippen LogP contribution in [-0.4, -0.2) is 33.5 Å². The van der Waals surface area contributed by atoms with Crippen molar-refractivity contribution in [2.75, 3.05) is 12.4 Å². The minimum atomic E-state index is -0.811. The number of thiocarbonyl (C=S) groups is 1. The highest BCUT2D eigenvalue weighted by atomic mass is 32.1. The van der Waals surface area contributed by atoms with Crippen molar-refractivity contribution in [3.8, 4) is 11.6 Å². The predicted molar refractivity (Wildman–Crippen MR) is 86.2 cm³/mol. The number of nitrogens with zero attached hydrogens (tertiary/aromatic N) is 1. The smallest absolute Gasteiger partial charge is 0.328 e. The third-order valence-electron chi connectivity index (χ3n) is 2.62. The monoisotopic (exact) mass is 320 g/mol. The standard InChI is InChI=1S/C13H12N4O4S/c1-21-9-5-3-2-4-8(9)15-13(22)14-6-7-10(18)16-12(20)17-11(7)19/h2-6H,1H3,(H,15,22)(H3,16,17,18,19,20)/b14-6+. The number of ether oxygens (including phenoxy) is 1. The van der Waals surface area contributed by atoms with E-state index in [0.29, 0.717) is 11.4 Å². The summed E-state index contributed by atoms with van der Waals surface area (Å²) in [6.45, 7) is 0. The van der Waals surface area contributed by atoms with Gasteiger partial charge in [0.1, 0.15) is 11.3 Å². The quantitative estimate of drug-likeness (QED) is 0.485. The van der Waals surface area contributed by atoms with E-state index in [9.17, 15) is 14.7 Å². The first-order valence-electron chi connectivity index (χ1n) is 6.05. The van der Waals surface area contributed by atoms with Crippen molar-refractivity contribution >= 4 is 29.2 Å². The zero-order valence-corrected chi connectivity index (χ0v) is 12.2. The number of H-pyrrole nitrogens is 2. The van der Waals surface area contributed by atoms with Crippen LogP contribution in [0.1, 0.15) is 5.56 Å². The Morgan fingerprint density at radius 3 is 2.77 bits per heavy atom. The lowest BCUT2D eigenvalue weighted by molar-refractivity contribution is 0.417. The van der Waals surface area contributed by atoms with Crippen LogP contribution in [0.25, 0.3) is 0 Å². The highest BCUT2D eigenvalue weighted by molar-refractivity contribution is 7.80. The number of para-hydroxylation sites is 2. The third-order valence-corrected chi connectivity index (χ3v) is 2.83. The zero-order chi connectivity index (χ0) is 16.1. The number of hydrogen-bond acceptors (Lipinski definition) is 5. The Labute approximate surface area is 129 Å². The lowest BCUT2D eigenvalue weighted by Crippen LogP contribution is -2.25. The van der Waals surface area contributed by atoms with Crippen molar-refractivity contribution in [2.45, 2.75) is 0 Å². The molecule has 4 N–H and O–H groups in total. The van der Waals surface area contributed by atoms with Crippen LogP contribution in [0.2, 0.25) is 0 Å². The molecule has 0 amide bonds. The Bertz CT molecular complexity index is 840. The number of methoxy groups -OCH3 is 1. The average molecular weight is 320 g/mol. The molecule has 0 aliphatic rings.